The Bertz CT molecular complexity index is 353. The van der Waals surface area contributed by atoms with E-state index in [0.29, 0.717) is 0 Å². The van der Waals surface area contributed by atoms with Crippen molar-refractivity contribution in [2.45, 2.75) is 12.1 Å². The van der Waals surface area contributed by atoms with E-state index in [1.165, 1.54) is 0 Å². The van der Waals surface area contributed by atoms with Crippen LogP contribution in [0, 0.1) is 0 Å². The predicted octanol–water partition coefficient (Wildman–Crippen LogP) is 1.50. The molecule has 1 rings (SSSR count). The van der Waals surface area contributed by atoms with Crippen molar-refractivity contribution < 1.29 is 18.4 Å². The maximum atomic E-state index is 13.8. The topological polar surface area (TPSA) is 46.2 Å². The minimum Gasteiger partial charge on any atom is -0.287 e. The number of carbonyl (C=O) groups is 2. The van der Waals surface area contributed by atoms with Crippen LogP contribution >= 0.6 is 15.9 Å². The Labute approximate surface area is 87.0 Å². The number of hydrogen-bond donors (Lipinski definition) is 1. The highest BCUT2D eigenvalue weighted by Gasteiger charge is 2.48. The van der Waals surface area contributed by atoms with E-state index in [1.54, 1.807) is 5.32 Å². The first-order valence-corrected chi connectivity index (χ1v) is 4.44. The van der Waals surface area contributed by atoms with Crippen LogP contribution in [0.25, 0.3) is 0 Å². The molecule has 6 heteroatoms. The van der Waals surface area contributed by atoms with E-state index in [1.807, 2.05) is 0 Å². The van der Waals surface area contributed by atoms with E-state index in [4.69, 9.17) is 0 Å². The molecular weight excluding hydrogens is 260 g/mol. The molecule has 0 aromatic carbocycles. The lowest BCUT2D eigenvalue weighted by Crippen LogP contribution is -2.50. The smallest absolute Gasteiger partial charge is 0.287 e. The van der Waals surface area contributed by atoms with E-state index in [2.05, 4.69) is 22.5 Å². The molecule has 0 aromatic rings. The van der Waals surface area contributed by atoms with Gasteiger partial charge in [-0.1, -0.05) is 6.08 Å². The summed E-state index contributed by atoms with van der Waals surface area (Å²) in [5.41, 5.74) is -2.57. The SMILES string of the molecule is C=CCC1(F)C(=O)NC(=O)C(F)=C1Br. The summed E-state index contributed by atoms with van der Waals surface area (Å²) in [7, 11) is 0. The second-order valence-electron chi connectivity index (χ2n) is 2.71. The van der Waals surface area contributed by atoms with Crippen LogP contribution in [-0.2, 0) is 9.59 Å². The fourth-order valence-corrected chi connectivity index (χ4v) is 1.53. The van der Waals surface area contributed by atoms with Crippen LogP contribution in [0.15, 0.2) is 23.0 Å². The lowest BCUT2D eigenvalue weighted by molar-refractivity contribution is -0.137. The highest BCUT2D eigenvalue weighted by molar-refractivity contribution is 9.11. The molecule has 1 heterocycles. The monoisotopic (exact) mass is 265 g/mol. The van der Waals surface area contributed by atoms with Crippen molar-refractivity contribution in [2.75, 3.05) is 0 Å². The Morgan fingerprint density at radius 1 is 1.57 bits per heavy atom. The number of amides is 2. The third-order valence-electron chi connectivity index (χ3n) is 1.75. The van der Waals surface area contributed by atoms with E-state index >= 15 is 0 Å². The van der Waals surface area contributed by atoms with Crippen molar-refractivity contribution in [3.05, 3.63) is 23.0 Å². The Kier molecular flexibility index (Phi) is 2.84. The molecule has 0 saturated carbocycles. The Morgan fingerprint density at radius 2 is 2.14 bits per heavy atom. The van der Waals surface area contributed by atoms with Crippen molar-refractivity contribution in [2.24, 2.45) is 0 Å². The van der Waals surface area contributed by atoms with Gasteiger partial charge in [-0.25, -0.2) is 4.39 Å². The fourth-order valence-electron chi connectivity index (χ4n) is 1.01. The largest absolute Gasteiger partial charge is 0.287 e. The quantitative estimate of drug-likeness (QED) is 0.608. The number of rotatable bonds is 2. The van der Waals surface area contributed by atoms with Gasteiger partial charge in [-0.05, 0) is 15.9 Å². The average molecular weight is 266 g/mol. The summed E-state index contributed by atoms with van der Waals surface area (Å²) >= 11 is 2.56. The first-order chi connectivity index (χ1) is 6.43. The zero-order chi connectivity index (χ0) is 10.9. The molecule has 14 heavy (non-hydrogen) atoms. The summed E-state index contributed by atoms with van der Waals surface area (Å²) < 4.78 is 26.1. The van der Waals surface area contributed by atoms with E-state index in [0.717, 1.165) is 6.08 Å². The first-order valence-electron chi connectivity index (χ1n) is 3.65. The zero-order valence-corrected chi connectivity index (χ0v) is 8.53. The number of halogens is 3. The van der Waals surface area contributed by atoms with Crippen molar-refractivity contribution in [1.29, 1.82) is 0 Å². The maximum absolute atomic E-state index is 13.8. The fraction of sp³-hybridized carbons (Fsp3) is 0.250. The van der Waals surface area contributed by atoms with Crippen molar-refractivity contribution in [3.63, 3.8) is 0 Å². The Balaban J connectivity index is 3.23. The highest BCUT2D eigenvalue weighted by atomic mass is 79.9. The summed E-state index contributed by atoms with van der Waals surface area (Å²) in [5.74, 6) is -3.75. The molecule has 76 valence electrons. The van der Waals surface area contributed by atoms with Gasteiger partial charge >= 0.3 is 0 Å². The van der Waals surface area contributed by atoms with Gasteiger partial charge in [0.05, 0.1) is 4.48 Å². The van der Waals surface area contributed by atoms with E-state index in [9.17, 15) is 18.4 Å². The molecule has 3 nitrogen and oxygen atoms in total. The summed E-state index contributed by atoms with van der Waals surface area (Å²) in [6.45, 7) is 3.24. The van der Waals surface area contributed by atoms with Crippen LogP contribution in [0.3, 0.4) is 0 Å². The number of carbonyl (C=O) groups excluding carboxylic acids is 2. The van der Waals surface area contributed by atoms with Gasteiger partial charge in [0.1, 0.15) is 0 Å². The van der Waals surface area contributed by atoms with Gasteiger partial charge in [0.2, 0.25) is 11.5 Å². The third-order valence-corrected chi connectivity index (χ3v) is 2.73. The molecule has 1 unspecified atom stereocenters. The van der Waals surface area contributed by atoms with E-state index in [-0.39, 0.29) is 0 Å². The molecule has 1 atom stereocenters. The molecule has 0 fully saturated rings. The Hall–Kier alpha value is -1.04. The lowest BCUT2D eigenvalue weighted by Gasteiger charge is -2.26. The van der Waals surface area contributed by atoms with Gasteiger partial charge in [0.25, 0.3) is 11.8 Å². The van der Waals surface area contributed by atoms with Gasteiger partial charge in [-0.2, -0.15) is 4.39 Å². The van der Waals surface area contributed by atoms with Crippen LogP contribution in [0.4, 0.5) is 8.78 Å². The lowest BCUT2D eigenvalue weighted by atomic mass is 9.97. The summed E-state index contributed by atoms with van der Waals surface area (Å²) in [6.07, 6.45) is 0.726. The number of allylic oxidation sites excluding steroid dienone is 1. The maximum Gasteiger partial charge on any atom is 0.287 e. The van der Waals surface area contributed by atoms with Crippen molar-refractivity contribution in [3.8, 4) is 0 Å². The minimum atomic E-state index is -2.57. The summed E-state index contributed by atoms with van der Waals surface area (Å²) in [5, 5.41) is 1.57. The Morgan fingerprint density at radius 3 is 2.64 bits per heavy atom. The third kappa shape index (κ3) is 1.50. The molecule has 1 aliphatic heterocycles. The molecule has 0 aliphatic carbocycles. The molecular formula is C8H6BrF2NO2. The number of imide groups is 1. The van der Waals surface area contributed by atoms with Crippen molar-refractivity contribution in [1.82, 2.24) is 5.32 Å². The molecule has 0 radical (unpaired) electrons. The number of nitrogens with one attached hydrogen (secondary N) is 1. The van der Waals surface area contributed by atoms with Crippen LogP contribution in [0.2, 0.25) is 0 Å². The zero-order valence-electron chi connectivity index (χ0n) is 6.94. The molecule has 0 spiro atoms. The molecule has 0 bridgehead atoms. The molecule has 1 aliphatic rings. The molecule has 0 aromatic heterocycles. The van der Waals surface area contributed by atoms with Crippen LogP contribution < -0.4 is 5.32 Å². The van der Waals surface area contributed by atoms with Crippen LogP contribution in [0.1, 0.15) is 6.42 Å². The van der Waals surface area contributed by atoms with Crippen LogP contribution in [0.5, 0.6) is 0 Å². The highest BCUT2D eigenvalue weighted by Crippen LogP contribution is 2.36. The second kappa shape index (κ2) is 3.61. The predicted molar refractivity (Wildman–Crippen MR) is 48.9 cm³/mol. The van der Waals surface area contributed by atoms with Gasteiger partial charge in [0, 0.05) is 6.42 Å². The summed E-state index contributed by atoms with van der Waals surface area (Å²) in [4.78, 5) is 21.8. The van der Waals surface area contributed by atoms with Crippen LogP contribution in [-0.4, -0.2) is 17.5 Å². The summed E-state index contributed by atoms with van der Waals surface area (Å²) in [6, 6.07) is 0. The average Bonchev–Trinajstić information content (AvgIpc) is 2.13. The van der Waals surface area contributed by atoms with Gasteiger partial charge in [-0.3, -0.25) is 14.9 Å². The van der Waals surface area contributed by atoms with Gasteiger partial charge in [0.15, 0.2) is 0 Å². The molecule has 2 amide bonds. The van der Waals surface area contributed by atoms with Crippen molar-refractivity contribution >= 4 is 27.7 Å². The standard InChI is InChI=1S/C8H6BrF2NO2/c1-2-3-8(11)5(9)4(10)6(13)12-7(8)14/h2H,1,3H2,(H,12,13,14). The van der Waals surface area contributed by atoms with Gasteiger partial charge in [-0.15, -0.1) is 6.58 Å². The molecule has 1 N–H and O–H groups in total. The molecule has 0 saturated heterocycles. The second-order valence-corrected chi connectivity index (χ2v) is 3.50. The van der Waals surface area contributed by atoms with Gasteiger partial charge < -0.3 is 0 Å². The van der Waals surface area contributed by atoms with E-state index < -0.39 is 34.2 Å². The minimum absolute atomic E-state index is 0.403. The normalized spacial score (nSPS) is 27.6. The first kappa shape index (κ1) is 11.0. The number of hydrogen-bond acceptors (Lipinski definition) is 2. The number of alkyl halides is 1.